The molecule has 1 aliphatic rings. The standard InChI is InChI=1S/C28H30N4OS2/c1-3-31(4-2)22-10-8-20(9-11-22)24-19-34-27(30-24)21-14-17-32(18-15-21)28(33)26-13-12-25(35-26)23-7-5-6-16-29-23/h5-13,16,19,21H,3-4,14-15,17-18H2,1-2H3. The van der Waals surface area contributed by atoms with Crippen LogP contribution >= 0.6 is 22.7 Å². The van der Waals surface area contributed by atoms with Crippen LogP contribution in [-0.4, -0.2) is 47.0 Å². The van der Waals surface area contributed by atoms with E-state index in [1.807, 2.05) is 35.2 Å². The van der Waals surface area contributed by atoms with Crippen molar-refractivity contribution in [2.75, 3.05) is 31.1 Å². The number of piperidine rings is 1. The molecule has 0 atom stereocenters. The van der Waals surface area contributed by atoms with Crippen LogP contribution in [0.4, 0.5) is 5.69 Å². The first kappa shape index (κ1) is 23.7. The van der Waals surface area contributed by atoms with Gasteiger partial charge < -0.3 is 9.80 Å². The predicted molar refractivity (Wildman–Crippen MR) is 147 cm³/mol. The summed E-state index contributed by atoms with van der Waals surface area (Å²) in [6.07, 6.45) is 3.70. The fourth-order valence-corrected chi connectivity index (χ4v) is 6.58. The van der Waals surface area contributed by atoms with Crippen LogP contribution in [0.1, 0.15) is 47.3 Å². The third-order valence-electron chi connectivity index (χ3n) is 6.68. The fourth-order valence-electron chi connectivity index (χ4n) is 4.62. The van der Waals surface area contributed by atoms with Crippen LogP contribution in [0.3, 0.4) is 0 Å². The highest BCUT2D eigenvalue weighted by molar-refractivity contribution is 7.17. The van der Waals surface area contributed by atoms with Crippen molar-refractivity contribution in [1.29, 1.82) is 0 Å². The SMILES string of the molecule is CCN(CC)c1ccc(-c2csc(C3CCN(C(=O)c4ccc(-c5ccccn5)s4)CC3)n2)cc1. The van der Waals surface area contributed by atoms with Crippen LogP contribution < -0.4 is 4.90 Å². The average molecular weight is 503 g/mol. The predicted octanol–water partition coefficient (Wildman–Crippen LogP) is 6.80. The zero-order chi connectivity index (χ0) is 24.2. The first-order valence-electron chi connectivity index (χ1n) is 12.3. The number of hydrogen-bond donors (Lipinski definition) is 0. The zero-order valence-electron chi connectivity index (χ0n) is 20.2. The van der Waals surface area contributed by atoms with Crippen LogP contribution in [0.2, 0.25) is 0 Å². The third-order valence-corrected chi connectivity index (χ3v) is 8.78. The summed E-state index contributed by atoms with van der Waals surface area (Å²) in [5, 5.41) is 3.36. The van der Waals surface area contributed by atoms with Crippen molar-refractivity contribution in [2.24, 2.45) is 0 Å². The highest BCUT2D eigenvalue weighted by atomic mass is 32.1. The van der Waals surface area contributed by atoms with Gasteiger partial charge in [0.15, 0.2) is 0 Å². The molecule has 0 bridgehead atoms. The highest BCUT2D eigenvalue weighted by Gasteiger charge is 2.27. The first-order chi connectivity index (χ1) is 17.2. The number of thiophene rings is 1. The van der Waals surface area contributed by atoms with E-state index in [2.05, 4.69) is 53.4 Å². The lowest BCUT2D eigenvalue weighted by Gasteiger charge is -2.30. The number of amides is 1. The number of rotatable bonds is 7. The number of pyridine rings is 1. The van der Waals surface area contributed by atoms with E-state index in [0.717, 1.165) is 65.7 Å². The minimum atomic E-state index is 0.128. The molecule has 0 N–H and O–H groups in total. The molecular weight excluding hydrogens is 472 g/mol. The van der Waals surface area contributed by atoms with E-state index in [-0.39, 0.29) is 5.91 Å². The molecule has 0 radical (unpaired) electrons. The fraction of sp³-hybridized carbons (Fsp3) is 0.321. The van der Waals surface area contributed by atoms with Crippen molar-refractivity contribution in [2.45, 2.75) is 32.6 Å². The quantitative estimate of drug-likeness (QED) is 0.279. The maximum atomic E-state index is 13.1. The molecule has 180 valence electrons. The van der Waals surface area contributed by atoms with E-state index in [1.54, 1.807) is 17.5 Å². The molecule has 0 unspecified atom stereocenters. The van der Waals surface area contributed by atoms with Gasteiger partial charge in [0.2, 0.25) is 0 Å². The summed E-state index contributed by atoms with van der Waals surface area (Å²) in [7, 11) is 0. The second-order valence-corrected chi connectivity index (χ2v) is 10.7. The van der Waals surface area contributed by atoms with Gasteiger partial charge in [-0.1, -0.05) is 18.2 Å². The van der Waals surface area contributed by atoms with Crippen molar-refractivity contribution in [3.8, 4) is 21.8 Å². The molecule has 5 rings (SSSR count). The molecular formula is C28H30N4OS2. The van der Waals surface area contributed by atoms with Crippen LogP contribution in [0.25, 0.3) is 21.8 Å². The lowest BCUT2D eigenvalue weighted by atomic mass is 9.97. The Labute approximate surface area is 215 Å². The van der Waals surface area contributed by atoms with E-state index >= 15 is 0 Å². The van der Waals surface area contributed by atoms with Crippen molar-refractivity contribution in [3.05, 3.63) is 76.1 Å². The number of aromatic nitrogens is 2. The normalized spacial score (nSPS) is 14.3. The Bertz CT molecular complexity index is 1250. The molecule has 4 aromatic rings. The molecule has 7 heteroatoms. The monoisotopic (exact) mass is 502 g/mol. The number of carbonyl (C=O) groups excluding carboxylic acids is 1. The molecule has 0 spiro atoms. The van der Waals surface area contributed by atoms with Gasteiger partial charge in [0.05, 0.1) is 26.1 Å². The molecule has 0 saturated carbocycles. The minimum Gasteiger partial charge on any atom is -0.372 e. The second-order valence-electron chi connectivity index (χ2n) is 8.74. The van der Waals surface area contributed by atoms with E-state index in [0.29, 0.717) is 5.92 Å². The Morgan fingerprint density at radius 2 is 1.77 bits per heavy atom. The van der Waals surface area contributed by atoms with Crippen molar-refractivity contribution >= 4 is 34.3 Å². The van der Waals surface area contributed by atoms with Gasteiger partial charge in [0.1, 0.15) is 0 Å². The van der Waals surface area contributed by atoms with Gasteiger partial charge in [0.25, 0.3) is 5.91 Å². The third kappa shape index (κ3) is 5.16. The number of hydrogen-bond acceptors (Lipinski definition) is 6. The molecule has 1 aromatic carbocycles. The maximum Gasteiger partial charge on any atom is 0.263 e. The maximum absolute atomic E-state index is 13.1. The number of carbonyl (C=O) groups is 1. The minimum absolute atomic E-state index is 0.128. The molecule has 4 heterocycles. The Balaban J connectivity index is 1.20. The lowest BCUT2D eigenvalue weighted by molar-refractivity contribution is 0.0718. The molecule has 1 fully saturated rings. The van der Waals surface area contributed by atoms with E-state index in [1.165, 1.54) is 22.0 Å². The number of likely N-dealkylation sites (tertiary alicyclic amines) is 1. The summed E-state index contributed by atoms with van der Waals surface area (Å²) < 4.78 is 0. The van der Waals surface area contributed by atoms with Gasteiger partial charge >= 0.3 is 0 Å². The first-order valence-corrected chi connectivity index (χ1v) is 14.0. The van der Waals surface area contributed by atoms with Gasteiger partial charge in [-0.3, -0.25) is 9.78 Å². The Hall–Kier alpha value is -3.03. The summed E-state index contributed by atoms with van der Waals surface area (Å²) in [4.78, 5) is 28.6. The van der Waals surface area contributed by atoms with Crippen molar-refractivity contribution < 1.29 is 4.79 Å². The van der Waals surface area contributed by atoms with Crippen LogP contribution in [0.5, 0.6) is 0 Å². The topological polar surface area (TPSA) is 49.3 Å². The Kier molecular flexibility index (Phi) is 7.25. The van der Waals surface area contributed by atoms with Crippen LogP contribution in [-0.2, 0) is 0 Å². The summed E-state index contributed by atoms with van der Waals surface area (Å²) in [5.41, 5.74) is 4.38. The van der Waals surface area contributed by atoms with E-state index < -0.39 is 0 Å². The van der Waals surface area contributed by atoms with Gasteiger partial charge in [-0.25, -0.2) is 4.98 Å². The summed E-state index contributed by atoms with van der Waals surface area (Å²) in [5.74, 6) is 0.545. The van der Waals surface area contributed by atoms with E-state index in [9.17, 15) is 4.79 Å². The smallest absolute Gasteiger partial charge is 0.263 e. The van der Waals surface area contributed by atoms with Gasteiger partial charge in [0, 0.05) is 54.9 Å². The van der Waals surface area contributed by atoms with Gasteiger partial charge in [-0.05, 0) is 63.1 Å². The molecule has 35 heavy (non-hydrogen) atoms. The lowest BCUT2D eigenvalue weighted by Crippen LogP contribution is -2.37. The van der Waals surface area contributed by atoms with Gasteiger partial charge in [-0.15, -0.1) is 22.7 Å². The number of anilines is 1. The van der Waals surface area contributed by atoms with Crippen molar-refractivity contribution in [3.63, 3.8) is 0 Å². The zero-order valence-corrected chi connectivity index (χ0v) is 21.8. The Morgan fingerprint density at radius 1 is 1.00 bits per heavy atom. The van der Waals surface area contributed by atoms with Crippen molar-refractivity contribution in [1.82, 2.24) is 14.9 Å². The van der Waals surface area contributed by atoms with Gasteiger partial charge in [-0.2, -0.15) is 0 Å². The molecule has 1 aliphatic heterocycles. The molecule has 1 amide bonds. The molecule has 5 nitrogen and oxygen atoms in total. The Morgan fingerprint density at radius 3 is 2.46 bits per heavy atom. The summed E-state index contributed by atoms with van der Waals surface area (Å²) >= 11 is 3.27. The van der Waals surface area contributed by atoms with Crippen LogP contribution in [0, 0.1) is 0 Å². The summed E-state index contributed by atoms with van der Waals surface area (Å²) in [6, 6.07) is 18.5. The second kappa shape index (κ2) is 10.7. The number of nitrogens with zero attached hydrogens (tertiary/aromatic N) is 4. The van der Waals surface area contributed by atoms with E-state index in [4.69, 9.17) is 4.98 Å². The molecule has 1 saturated heterocycles. The summed E-state index contributed by atoms with van der Waals surface area (Å²) in [6.45, 7) is 7.93. The number of thiazole rings is 1. The number of benzene rings is 1. The highest BCUT2D eigenvalue weighted by Crippen LogP contribution is 2.34. The largest absolute Gasteiger partial charge is 0.372 e. The van der Waals surface area contributed by atoms with Crippen LogP contribution in [0.15, 0.2) is 66.2 Å². The average Bonchev–Trinajstić information content (AvgIpc) is 3.61. The molecule has 3 aromatic heterocycles. The molecule has 0 aliphatic carbocycles.